The summed E-state index contributed by atoms with van der Waals surface area (Å²) in [5.74, 6) is 0. The number of rotatable bonds is 4. The Kier molecular flexibility index (Phi) is 6.08. The number of fused-ring (bicyclic) bond motifs is 7. The molecule has 2 nitrogen and oxygen atoms in total. The number of nitrogens with zero attached hydrogens (tertiary/aromatic N) is 2. The lowest BCUT2D eigenvalue weighted by Crippen LogP contribution is -1.94. The van der Waals surface area contributed by atoms with E-state index in [1.807, 2.05) is 23.6 Å². The standard InChI is InChI=1S/C45H28N2S/c1-2-10-30(11-3-1)36-14-8-24-46-45(36)34-19-23-41-40(26-34)37-21-18-33(32-17-16-29-9-4-5-12-31(29)25-32)27-42(37)47(41)35-20-22-39-38-13-6-7-15-43(38)48-44(39)28-35/h1-28H. The SMILES string of the molecule is c1ccc(-c2cccnc2-c2ccc3c(c2)c2ccc(-c4ccc5ccccc5c4)cc2n3-c2ccc3c(c2)sc2ccccc23)cc1. The smallest absolute Gasteiger partial charge is 0.0780 e. The molecule has 224 valence electrons. The maximum atomic E-state index is 4.91. The summed E-state index contributed by atoms with van der Waals surface area (Å²) in [4.78, 5) is 4.91. The Hall–Kier alpha value is -6.03. The normalized spacial score (nSPS) is 11.8. The van der Waals surface area contributed by atoms with Gasteiger partial charge in [-0.25, -0.2) is 0 Å². The van der Waals surface area contributed by atoms with E-state index in [2.05, 4.69) is 162 Å². The highest BCUT2D eigenvalue weighted by Gasteiger charge is 2.17. The van der Waals surface area contributed by atoms with Gasteiger partial charge in [-0.05, 0) is 76.0 Å². The van der Waals surface area contributed by atoms with Gasteiger partial charge in [-0.2, -0.15) is 0 Å². The molecule has 0 amide bonds. The second-order valence-corrected chi connectivity index (χ2v) is 13.5. The van der Waals surface area contributed by atoms with Gasteiger partial charge in [0.25, 0.3) is 0 Å². The molecule has 0 saturated carbocycles. The van der Waals surface area contributed by atoms with Gasteiger partial charge in [0.05, 0.1) is 16.7 Å². The van der Waals surface area contributed by atoms with Gasteiger partial charge in [0.1, 0.15) is 0 Å². The van der Waals surface area contributed by atoms with E-state index in [-0.39, 0.29) is 0 Å². The topological polar surface area (TPSA) is 17.8 Å². The first-order valence-electron chi connectivity index (χ1n) is 16.3. The van der Waals surface area contributed by atoms with Crippen molar-refractivity contribution < 1.29 is 0 Å². The molecule has 0 saturated heterocycles. The molecule has 0 spiro atoms. The molecule has 3 heterocycles. The van der Waals surface area contributed by atoms with Gasteiger partial charge in [0.2, 0.25) is 0 Å². The molecular formula is C45H28N2S. The van der Waals surface area contributed by atoms with Gasteiger partial charge >= 0.3 is 0 Å². The predicted octanol–water partition coefficient (Wildman–Crippen LogP) is 12.7. The third-order valence-electron chi connectivity index (χ3n) is 9.64. The van der Waals surface area contributed by atoms with Crippen molar-refractivity contribution in [3.8, 4) is 39.2 Å². The summed E-state index contributed by atoms with van der Waals surface area (Å²) in [5.41, 5.74) is 10.4. The van der Waals surface area contributed by atoms with Crippen molar-refractivity contribution in [3.05, 3.63) is 170 Å². The average molecular weight is 629 g/mol. The molecule has 0 fully saturated rings. The van der Waals surface area contributed by atoms with Crippen LogP contribution >= 0.6 is 11.3 Å². The number of aromatic nitrogens is 2. The van der Waals surface area contributed by atoms with E-state index in [1.165, 1.54) is 75.1 Å². The van der Waals surface area contributed by atoms with Crippen molar-refractivity contribution in [3.63, 3.8) is 0 Å². The third kappa shape index (κ3) is 4.29. The van der Waals surface area contributed by atoms with E-state index in [0.29, 0.717) is 0 Å². The fourth-order valence-corrected chi connectivity index (χ4v) is 8.47. The fourth-order valence-electron chi connectivity index (χ4n) is 7.33. The second kappa shape index (κ2) is 10.8. The van der Waals surface area contributed by atoms with Crippen LogP contribution in [0.3, 0.4) is 0 Å². The van der Waals surface area contributed by atoms with E-state index in [0.717, 1.165) is 16.8 Å². The molecule has 48 heavy (non-hydrogen) atoms. The Morgan fingerprint density at radius 1 is 0.417 bits per heavy atom. The minimum atomic E-state index is 0.992. The summed E-state index contributed by atoms with van der Waals surface area (Å²) >= 11 is 1.86. The molecule has 10 aromatic rings. The van der Waals surface area contributed by atoms with Gasteiger partial charge < -0.3 is 4.57 Å². The van der Waals surface area contributed by atoms with Crippen molar-refractivity contribution in [2.45, 2.75) is 0 Å². The van der Waals surface area contributed by atoms with Crippen LogP contribution in [0, 0.1) is 0 Å². The fraction of sp³-hybridized carbons (Fsp3) is 0. The first-order chi connectivity index (χ1) is 23.8. The molecule has 0 atom stereocenters. The highest BCUT2D eigenvalue weighted by Crippen LogP contribution is 2.41. The van der Waals surface area contributed by atoms with Crippen LogP contribution in [-0.4, -0.2) is 9.55 Å². The number of hydrogen-bond acceptors (Lipinski definition) is 2. The van der Waals surface area contributed by atoms with Crippen molar-refractivity contribution in [1.82, 2.24) is 9.55 Å². The van der Waals surface area contributed by atoms with Crippen molar-refractivity contribution in [1.29, 1.82) is 0 Å². The number of hydrogen-bond donors (Lipinski definition) is 0. The third-order valence-corrected chi connectivity index (χ3v) is 10.8. The minimum absolute atomic E-state index is 0.992. The zero-order valence-electron chi connectivity index (χ0n) is 26.0. The maximum Gasteiger partial charge on any atom is 0.0780 e. The molecule has 0 aliphatic rings. The Balaban J connectivity index is 1.22. The first kappa shape index (κ1) is 27.1. The summed E-state index contributed by atoms with van der Waals surface area (Å²) in [6.45, 7) is 0. The minimum Gasteiger partial charge on any atom is -0.309 e. The summed E-state index contributed by atoms with van der Waals surface area (Å²) in [7, 11) is 0. The van der Waals surface area contributed by atoms with Gasteiger partial charge in [0.15, 0.2) is 0 Å². The molecule has 0 unspecified atom stereocenters. The second-order valence-electron chi connectivity index (χ2n) is 12.4. The van der Waals surface area contributed by atoms with Crippen molar-refractivity contribution >= 4 is 64.1 Å². The Labute approximate surface area is 281 Å². The summed E-state index contributed by atoms with van der Waals surface area (Å²) in [6.07, 6.45) is 1.89. The Morgan fingerprint density at radius 2 is 1.17 bits per heavy atom. The molecule has 0 aliphatic heterocycles. The molecular weight excluding hydrogens is 601 g/mol. The molecule has 0 bridgehead atoms. The van der Waals surface area contributed by atoms with Crippen molar-refractivity contribution in [2.75, 3.05) is 0 Å². The van der Waals surface area contributed by atoms with Gasteiger partial charge in [0, 0.05) is 54.0 Å². The van der Waals surface area contributed by atoms with Gasteiger partial charge in [-0.3, -0.25) is 4.98 Å². The summed E-state index contributed by atoms with van der Waals surface area (Å²) < 4.78 is 5.06. The zero-order chi connectivity index (χ0) is 31.6. The average Bonchev–Trinajstić information content (AvgIpc) is 3.69. The van der Waals surface area contributed by atoms with Crippen LogP contribution in [-0.2, 0) is 0 Å². The molecule has 0 N–H and O–H groups in total. The largest absolute Gasteiger partial charge is 0.309 e. The van der Waals surface area contributed by atoms with Crippen LogP contribution in [0.25, 0.3) is 91.9 Å². The van der Waals surface area contributed by atoms with Crippen LogP contribution in [0.5, 0.6) is 0 Å². The van der Waals surface area contributed by atoms with Crippen LogP contribution in [0.1, 0.15) is 0 Å². The van der Waals surface area contributed by atoms with Crippen LogP contribution in [0.15, 0.2) is 170 Å². The molecule has 7 aromatic carbocycles. The van der Waals surface area contributed by atoms with E-state index < -0.39 is 0 Å². The lowest BCUT2D eigenvalue weighted by atomic mass is 9.97. The Morgan fingerprint density at radius 3 is 2.10 bits per heavy atom. The first-order valence-corrected chi connectivity index (χ1v) is 17.1. The van der Waals surface area contributed by atoms with Crippen LogP contribution in [0.4, 0.5) is 0 Å². The number of thiophene rings is 1. The zero-order valence-corrected chi connectivity index (χ0v) is 26.8. The van der Waals surface area contributed by atoms with Crippen molar-refractivity contribution in [2.24, 2.45) is 0 Å². The lowest BCUT2D eigenvalue weighted by Gasteiger charge is -2.11. The quantitative estimate of drug-likeness (QED) is 0.190. The molecule has 10 rings (SSSR count). The number of pyridine rings is 1. The van der Waals surface area contributed by atoms with Gasteiger partial charge in [-0.1, -0.05) is 115 Å². The number of benzene rings is 7. The van der Waals surface area contributed by atoms with E-state index in [4.69, 9.17) is 4.98 Å². The highest BCUT2D eigenvalue weighted by molar-refractivity contribution is 7.25. The predicted molar refractivity (Wildman–Crippen MR) is 205 cm³/mol. The highest BCUT2D eigenvalue weighted by atomic mass is 32.1. The molecule has 0 aliphatic carbocycles. The molecule has 0 radical (unpaired) electrons. The molecule has 3 aromatic heterocycles. The van der Waals surface area contributed by atoms with E-state index in [1.54, 1.807) is 0 Å². The van der Waals surface area contributed by atoms with Crippen LogP contribution < -0.4 is 0 Å². The lowest BCUT2D eigenvalue weighted by molar-refractivity contribution is 1.19. The van der Waals surface area contributed by atoms with Crippen LogP contribution in [0.2, 0.25) is 0 Å². The monoisotopic (exact) mass is 628 g/mol. The van der Waals surface area contributed by atoms with Gasteiger partial charge in [-0.15, -0.1) is 11.3 Å². The Bertz CT molecular complexity index is 2840. The maximum absolute atomic E-state index is 4.91. The van der Waals surface area contributed by atoms with E-state index >= 15 is 0 Å². The molecule has 3 heteroatoms. The summed E-state index contributed by atoms with van der Waals surface area (Å²) in [6, 6.07) is 59.5. The summed E-state index contributed by atoms with van der Waals surface area (Å²) in [5, 5.41) is 7.57. The van der Waals surface area contributed by atoms with E-state index in [9.17, 15) is 0 Å².